The van der Waals surface area contributed by atoms with Crippen LogP contribution in [0.4, 0.5) is 0 Å². The first kappa shape index (κ1) is 19.9. The molecule has 1 aliphatic carbocycles. The molecule has 1 aromatic carbocycles. The summed E-state index contributed by atoms with van der Waals surface area (Å²) < 4.78 is 5.85. The molecule has 1 aromatic rings. The number of piperidine rings is 1. The SMILES string of the molecule is COC(=O)C1(NC(=O)C2CCN(C(=O)c3ccc(Br)cc3)CC2)CCCC1. The summed E-state index contributed by atoms with van der Waals surface area (Å²) in [6, 6.07) is 7.29. The molecule has 1 heterocycles. The number of carbonyl (C=O) groups excluding carboxylic acids is 3. The van der Waals surface area contributed by atoms with Crippen molar-refractivity contribution in [1.29, 1.82) is 0 Å². The Morgan fingerprint density at radius 1 is 1.11 bits per heavy atom. The van der Waals surface area contributed by atoms with Crippen molar-refractivity contribution in [3.63, 3.8) is 0 Å². The fraction of sp³-hybridized carbons (Fsp3) is 0.550. The lowest BCUT2D eigenvalue weighted by atomic mass is 9.92. The highest BCUT2D eigenvalue weighted by molar-refractivity contribution is 9.10. The van der Waals surface area contributed by atoms with Crippen molar-refractivity contribution in [2.24, 2.45) is 5.92 Å². The van der Waals surface area contributed by atoms with Crippen LogP contribution in [0.3, 0.4) is 0 Å². The van der Waals surface area contributed by atoms with E-state index in [1.807, 2.05) is 12.1 Å². The summed E-state index contributed by atoms with van der Waals surface area (Å²) in [4.78, 5) is 39.3. The summed E-state index contributed by atoms with van der Waals surface area (Å²) in [5.41, 5.74) is -0.215. The second-order valence-electron chi connectivity index (χ2n) is 7.34. The van der Waals surface area contributed by atoms with Crippen LogP contribution in [0.15, 0.2) is 28.7 Å². The number of ether oxygens (including phenoxy) is 1. The standard InChI is InChI=1S/C20H25BrN2O4/c1-27-19(26)20(10-2-3-11-20)22-17(24)14-8-12-23(13-9-14)18(25)15-4-6-16(21)7-5-15/h4-7,14H,2-3,8-13H2,1H3,(H,22,24). The molecule has 6 nitrogen and oxygen atoms in total. The Kier molecular flexibility index (Phi) is 6.19. The van der Waals surface area contributed by atoms with Gasteiger partial charge in [-0.1, -0.05) is 28.8 Å². The van der Waals surface area contributed by atoms with E-state index in [1.165, 1.54) is 7.11 Å². The molecule has 7 heteroatoms. The Hall–Kier alpha value is -1.89. The van der Waals surface area contributed by atoms with Gasteiger partial charge in [0.2, 0.25) is 5.91 Å². The van der Waals surface area contributed by atoms with E-state index in [4.69, 9.17) is 4.74 Å². The number of esters is 1. The highest BCUT2D eigenvalue weighted by Crippen LogP contribution is 2.32. The van der Waals surface area contributed by atoms with Gasteiger partial charge in [-0.05, 0) is 49.9 Å². The third kappa shape index (κ3) is 4.34. The summed E-state index contributed by atoms with van der Waals surface area (Å²) in [6.45, 7) is 1.08. The van der Waals surface area contributed by atoms with Crippen LogP contribution in [0.1, 0.15) is 48.9 Å². The average Bonchev–Trinajstić information content (AvgIpc) is 3.17. The highest BCUT2D eigenvalue weighted by Gasteiger charge is 2.44. The predicted octanol–water partition coefficient (Wildman–Crippen LogP) is 2.90. The van der Waals surface area contributed by atoms with Crippen LogP contribution in [-0.4, -0.2) is 48.4 Å². The number of nitrogens with zero attached hydrogens (tertiary/aromatic N) is 1. The van der Waals surface area contributed by atoms with Crippen molar-refractivity contribution in [1.82, 2.24) is 10.2 Å². The van der Waals surface area contributed by atoms with Gasteiger partial charge in [0.15, 0.2) is 0 Å². The monoisotopic (exact) mass is 436 g/mol. The van der Waals surface area contributed by atoms with Gasteiger partial charge in [-0.2, -0.15) is 0 Å². The van der Waals surface area contributed by atoms with Gasteiger partial charge in [0.25, 0.3) is 5.91 Å². The molecule has 1 saturated carbocycles. The number of benzene rings is 1. The van der Waals surface area contributed by atoms with Crippen LogP contribution in [-0.2, 0) is 14.3 Å². The molecule has 0 radical (unpaired) electrons. The normalized spacial score (nSPS) is 19.6. The lowest BCUT2D eigenvalue weighted by molar-refractivity contribution is -0.151. The molecule has 2 amide bonds. The van der Waals surface area contributed by atoms with Crippen molar-refractivity contribution in [3.05, 3.63) is 34.3 Å². The van der Waals surface area contributed by atoms with Crippen molar-refractivity contribution in [2.75, 3.05) is 20.2 Å². The molecule has 0 atom stereocenters. The van der Waals surface area contributed by atoms with E-state index >= 15 is 0 Å². The van der Waals surface area contributed by atoms with E-state index in [2.05, 4.69) is 21.2 Å². The minimum atomic E-state index is -0.865. The molecular weight excluding hydrogens is 412 g/mol. The Balaban J connectivity index is 1.57. The van der Waals surface area contributed by atoms with Gasteiger partial charge in [0.1, 0.15) is 5.54 Å². The van der Waals surface area contributed by atoms with Crippen molar-refractivity contribution < 1.29 is 19.1 Å². The average molecular weight is 437 g/mol. The third-order valence-corrected chi connectivity index (χ3v) is 6.17. The fourth-order valence-electron chi connectivity index (χ4n) is 4.01. The zero-order chi connectivity index (χ0) is 19.4. The van der Waals surface area contributed by atoms with E-state index in [0.717, 1.165) is 17.3 Å². The number of nitrogens with one attached hydrogen (secondary N) is 1. The summed E-state index contributed by atoms with van der Waals surface area (Å²) in [5, 5.41) is 2.97. The van der Waals surface area contributed by atoms with Gasteiger partial charge in [-0.15, -0.1) is 0 Å². The molecule has 1 aliphatic heterocycles. The minimum Gasteiger partial charge on any atom is -0.467 e. The first-order valence-corrected chi connectivity index (χ1v) is 10.2. The van der Waals surface area contributed by atoms with Gasteiger partial charge in [-0.3, -0.25) is 9.59 Å². The number of hydrogen-bond acceptors (Lipinski definition) is 4. The molecule has 146 valence electrons. The maximum absolute atomic E-state index is 12.7. The first-order valence-electron chi connectivity index (χ1n) is 9.40. The molecular formula is C20H25BrN2O4. The quantitative estimate of drug-likeness (QED) is 0.736. The Morgan fingerprint density at radius 2 is 1.70 bits per heavy atom. The van der Waals surface area contributed by atoms with Crippen molar-refractivity contribution >= 4 is 33.7 Å². The minimum absolute atomic E-state index is 0.0109. The van der Waals surface area contributed by atoms with E-state index in [-0.39, 0.29) is 23.7 Å². The topological polar surface area (TPSA) is 75.7 Å². The largest absolute Gasteiger partial charge is 0.467 e. The first-order chi connectivity index (χ1) is 12.9. The lowest BCUT2D eigenvalue weighted by Crippen LogP contribution is -2.55. The second-order valence-corrected chi connectivity index (χ2v) is 8.26. The third-order valence-electron chi connectivity index (χ3n) is 5.64. The molecule has 1 saturated heterocycles. The van der Waals surface area contributed by atoms with Crippen LogP contribution in [0.25, 0.3) is 0 Å². The smallest absolute Gasteiger partial charge is 0.331 e. The summed E-state index contributed by atoms with van der Waals surface area (Å²) in [5.74, 6) is -0.640. The van der Waals surface area contributed by atoms with Crippen molar-refractivity contribution in [3.8, 4) is 0 Å². The highest BCUT2D eigenvalue weighted by atomic mass is 79.9. The Morgan fingerprint density at radius 3 is 2.26 bits per heavy atom. The summed E-state index contributed by atoms with van der Waals surface area (Å²) in [7, 11) is 1.36. The maximum atomic E-state index is 12.7. The van der Waals surface area contributed by atoms with Crippen LogP contribution in [0.5, 0.6) is 0 Å². The molecule has 1 N–H and O–H groups in total. The number of amides is 2. The number of methoxy groups -OCH3 is 1. The summed E-state index contributed by atoms with van der Waals surface area (Å²) in [6.07, 6.45) is 4.29. The van der Waals surface area contributed by atoms with Crippen LogP contribution in [0.2, 0.25) is 0 Å². The van der Waals surface area contributed by atoms with Crippen molar-refractivity contribution in [2.45, 2.75) is 44.1 Å². The lowest BCUT2D eigenvalue weighted by Gasteiger charge is -2.34. The Bertz CT molecular complexity index is 705. The van der Waals surface area contributed by atoms with Gasteiger partial charge in [0.05, 0.1) is 7.11 Å². The predicted molar refractivity (Wildman–Crippen MR) is 104 cm³/mol. The van der Waals surface area contributed by atoms with E-state index in [1.54, 1.807) is 17.0 Å². The summed E-state index contributed by atoms with van der Waals surface area (Å²) >= 11 is 3.37. The molecule has 3 rings (SSSR count). The van der Waals surface area contributed by atoms with E-state index < -0.39 is 5.54 Å². The number of halogens is 1. The molecule has 2 fully saturated rings. The number of hydrogen-bond donors (Lipinski definition) is 1. The number of rotatable bonds is 4. The Labute approximate surface area is 167 Å². The zero-order valence-corrected chi connectivity index (χ0v) is 17.1. The molecule has 27 heavy (non-hydrogen) atoms. The van der Waals surface area contributed by atoms with Gasteiger partial charge < -0.3 is 15.0 Å². The van der Waals surface area contributed by atoms with E-state index in [0.29, 0.717) is 44.3 Å². The van der Waals surface area contributed by atoms with Crippen LogP contribution in [0, 0.1) is 5.92 Å². The molecule has 0 unspecified atom stereocenters. The van der Waals surface area contributed by atoms with Crippen LogP contribution >= 0.6 is 15.9 Å². The van der Waals surface area contributed by atoms with Gasteiger partial charge in [0, 0.05) is 29.0 Å². The number of likely N-dealkylation sites (tertiary alicyclic amines) is 1. The molecule has 0 bridgehead atoms. The van der Waals surface area contributed by atoms with Gasteiger partial charge >= 0.3 is 5.97 Å². The van der Waals surface area contributed by atoms with E-state index in [9.17, 15) is 14.4 Å². The maximum Gasteiger partial charge on any atom is 0.331 e. The fourth-order valence-corrected chi connectivity index (χ4v) is 4.28. The van der Waals surface area contributed by atoms with Crippen LogP contribution < -0.4 is 5.32 Å². The second kappa shape index (κ2) is 8.42. The number of carbonyl (C=O) groups is 3. The molecule has 0 spiro atoms. The molecule has 0 aromatic heterocycles. The van der Waals surface area contributed by atoms with Gasteiger partial charge in [-0.25, -0.2) is 4.79 Å². The zero-order valence-electron chi connectivity index (χ0n) is 15.5. The molecule has 2 aliphatic rings.